The summed E-state index contributed by atoms with van der Waals surface area (Å²) in [6.45, 7) is 4.81. The van der Waals surface area contributed by atoms with Crippen LogP contribution in [-0.2, 0) is 13.0 Å². The van der Waals surface area contributed by atoms with Crippen molar-refractivity contribution < 1.29 is 0 Å². The van der Waals surface area contributed by atoms with Crippen molar-refractivity contribution in [3.63, 3.8) is 0 Å². The van der Waals surface area contributed by atoms with Crippen molar-refractivity contribution in [3.05, 3.63) is 28.2 Å². The molecule has 3 heterocycles. The Balaban J connectivity index is 0.00000208. The fraction of sp³-hybridized carbons (Fsp3) is 0.600. The molecule has 9 heteroatoms. The van der Waals surface area contributed by atoms with Crippen molar-refractivity contribution >= 4 is 41.3 Å². The molecular formula is C15H24IN7S. The van der Waals surface area contributed by atoms with E-state index in [0.717, 1.165) is 56.4 Å². The number of hydrogen-bond donors (Lipinski definition) is 2. The topological polar surface area (TPSA) is 82.1 Å². The Hall–Kier alpha value is -1.23. The number of nitrogens with one attached hydrogen (secondary N) is 2. The average Bonchev–Trinajstić information content (AvgIpc) is 3.28. The third-order valence-electron chi connectivity index (χ3n) is 4.16. The smallest absolute Gasteiger partial charge is 0.193 e. The minimum atomic E-state index is 0. The van der Waals surface area contributed by atoms with E-state index in [1.165, 1.54) is 5.01 Å². The van der Waals surface area contributed by atoms with Crippen LogP contribution in [0.1, 0.15) is 42.2 Å². The van der Waals surface area contributed by atoms with Crippen LogP contribution in [0, 0.1) is 0 Å². The van der Waals surface area contributed by atoms with Crippen LogP contribution < -0.4 is 5.32 Å². The number of aliphatic imine (C=N–C) groups is 1. The third kappa shape index (κ3) is 4.65. The molecule has 0 atom stereocenters. The molecule has 1 aliphatic heterocycles. The third-order valence-corrected chi connectivity index (χ3v) is 5.20. The summed E-state index contributed by atoms with van der Waals surface area (Å²) in [4.78, 5) is 15.6. The van der Waals surface area contributed by atoms with E-state index in [2.05, 4.69) is 47.7 Å². The molecule has 0 bridgehead atoms. The maximum absolute atomic E-state index is 4.59. The molecule has 1 saturated heterocycles. The van der Waals surface area contributed by atoms with E-state index in [4.69, 9.17) is 0 Å². The van der Waals surface area contributed by atoms with Crippen LogP contribution in [0.25, 0.3) is 0 Å². The lowest BCUT2D eigenvalue weighted by Crippen LogP contribution is -2.45. The molecule has 132 valence electrons. The fourth-order valence-corrected chi connectivity index (χ4v) is 3.62. The molecule has 2 N–H and O–H groups in total. The number of thiazole rings is 1. The van der Waals surface area contributed by atoms with Crippen LogP contribution in [0.5, 0.6) is 0 Å². The van der Waals surface area contributed by atoms with Crippen LogP contribution >= 0.6 is 35.3 Å². The van der Waals surface area contributed by atoms with Gasteiger partial charge in [0.05, 0.1) is 17.2 Å². The molecule has 0 aromatic carbocycles. The number of aromatic nitrogens is 4. The number of H-pyrrole nitrogens is 1. The highest BCUT2D eigenvalue weighted by Crippen LogP contribution is 2.24. The fourth-order valence-electron chi connectivity index (χ4n) is 2.87. The number of rotatable bonds is 4. The van der Waals surface area contributed by atoms with E-state index >= 15 is 0 Å². The van der Waals surface area contributed by atoms with Gasteiger partial charge in [0.25, 0.3) is 0 Å². The molecule has 0 aliphatic carbocycles. The summed E-state index contributed by atoms with van der Waals surface area (Å²) in [6.07, 6.45) is 4.70. The van der Waals surface area contributed by atoms with Crippen LogP contribution in [-0.4, -0.2) is 51.2 Å². The number of halogens is 1. The van der Waals surface area contributed by atoms with Crippen LogP contribution in [0.4, 0.5) is 0 Å². The lowest BCUT2D eigenvalue weighted by Gasteiger charge is -2.33. The second-order valence-corrected chi connectivity index (χ2v) is 6.56. The first-order valence-corrected chi connectivity index (χ1v) is 8.92. The number of guanidine groups is 1. The van der Waals surface area contributed by atoms with Crippen LogP contribution in [0.3, 0.4) is 0 Å². The van der Waals surface area contributed by atoms with Crippen molar-refractivity contribution in [1.82, 2.24) is 30.4 Å². The average molecular weight is 461 g/mol. The van der Waals surface area contributed by atoms with Gasteiger partial charge in [-0.25, -0.2) is 9.97 Å². The van der Waals surface area contributed by atoms with Gasteiger partial charge in [0.2, 0.25) is 0 Å². The normalized spacial score (nSPS) is 16.1. The predicted molar refractivity (Wildman–Crippen MR) is 107 cm³/mol. The van der Waals surface area contributed by atoms with Gasteiger partial charge in [-0.3, -0.25) is 10.1 Å². The summed E-state index contributed by atoms with van der Waals surface area (Å²) in [6, 6.07) is 0. The zero-order valence-electron chi connectivity index (χ0n) is 14.0. The standard InChI is InChI=1S/C15H23N7S.HI/c1-3-13-20-12(9-23-13)8-17-15(16-2)22-6-4-11(5-7-22)14-18-10-19-21-14;/h9-11H,3-8H2,1-2H3,(H,16,17)(H,18,19,21);1H. The Morgan fingerprint density at radius 1 is 1.46 bits per heavy atom. The predicted octanol–water partition coefficient (Wildman–Crippen LogP) is 2.40. The highest BCUT2D eigenvalue weighted by atomic mass is 127. The number of aryl methyl sites for hydroxylation is 1. The van der Waals surface area contributed by atoms with Gasteiger partial charge in [0, 0.05) is 31.4 Å². The van der Waals surface area contributed by atoms with Crippen molar-refractivity contribution in [2.24, 2.45) is 4.99 Å². The highest BCUT2D eigenvalue weighted by molar-refractivity contribution is 14.0. The van der Waals surface area contributed by atoms with Crippen molar-refractivity contribution in [2.45, 2.75) is 38.6 Å². The molecule has 2 aromatic heterocycles. The van der Waals surface area contributed by atoms with E-state index in [0.29, 0.717) is 5.92 Å². The lowest BCUT2D eigenvalue weighted by atomic mass is 9.96. The molecule has 0 unspecified atom stereocenters. The number of likely N-dealkylation sites (tertiary alicyclic amines) is 1. The maximum atomic E-state index is 4.59. The Kier molecular flexibility index (Phi) is 7.40. The van der Waals surface area contributed by atoms with Crippen LogP contribution in [0.15, 0.2) is 16.7 Å². The van der Waals surface area contributed by atoms with Crippen molar-refractivity contribution in [2.75, 3.05) is 20.1 Å². The minimum Gasteiger partial charge on any atom is -0.351 e. The maximum Gasteiger partial charge on any atom is 0.193 e. The molecule has 24 heavy (non-hydrogen) atoms. The number of nitrogens with zero attached hydrogens (tertiary/aromatic N) is 5. The van der Waals surface area contributed by atoms with Gasteiger partial charge in [-0.1, -0.05) is 6.92 Å². The van der Waals surface area contributed by atoms with Gasteiger partial charge >= 0.3 is 0 Å². The summed E-state index contributed by atoms with van der Waals surface area (Å²) >= 11 is 1.72. The Morgan fingerprint density at radius 3 is 2.83 bits per heavy atom. The molecule has 0 saturated carbocycles. The minimum absolute atomic E-state index is 0. The molecule has 1 aliphatic rings. The molecule has 0 amide bonds. The Labute approximate surface area is 163 Å². The first-order chi connectivity index (χ1) is 11.3. The quantitative estimate of drug-likeness (QED) is 0.415. The van der Waals surface area contributed by atoms with Crippen molar-refractivity contribution in [1.29, 1.82) is 0 Å². The summed E-state index contributed by atoms with van der Waals surface area (Å²) in [5, 5.41) is 13.7. The lowest BCUT2D eigenvalue weighted by molar-refractivity contribution is 0.298. The monoisotopic (exact) mass is 461 g/mol. The zero-order chi connectivity index (χ0) is 16.1. The molecule has 2 aromatic rings. The van der Waals surface area contributed by atoms with Gasteiger partial charge in [-0.2, -0.15) is 5.10 Å². The van der Waals surface area contributed by atoms with Gasteiger partial charge in [-0.05, 0) is 19.3 Å². The first-order valence-electron chi connectivity index (χ1n) is 8.04. The van der Waals surface area contributed by atoms with Gasteiger partial charge in [0.15, 0.2) is 5.96 Å². The number of hydrogen-bond acceptors (Lipinski definition) is 5. The number of aromatic amines is 1. The molecule has 0 spiro atoms. The zero-order valence-corrected chi connectivity index (χ0v) is 17.2. The molecule has 1 fully saturated rings. The second kappa shape index (κ2) is 9.30. The second-order valence-electron chi connectivity index (χ2n) is 5.62. The Bertz CT molecular complexity index is 632. The molecule has 3 rings (SSSR count). The summed E-state index contributed by atoms with van der Waals surface area (Å²) < 4.78 is 0. The SMILES string of the molecule is CCc1nc(CNC(=NC)N2CCC(c3ncn[nH]3)CC2)cs1.I. The summed E-state index contributed by atoms with van der Waals surface area (Å²) in [5.41, 5.74) is 1.09. The summed E-state index contributed by atoms with van der Waals surface area (Å²) in [5.74, 6) is 2.42. The first kappa shape index (κ1) is 19.1. The van der Waals surface area contributed by atoms with E-state index in [9.17, 15) is 0 Å². The van der Waals surface area contributed by atoms with Gasteiger partial charge in [-0.15, -0.1) is 35.3 Å². The summed E-state index contributed by atoms with van der Waals surface area (Å²) in [7, 11) is 1.84. The number of piperidine rings is 1. The van der Waals surface area contributed by atoms with E-state index in [-0.39, 0.29) is 24.0 Å². The van der Waals surface area contributed by atoms with Gasteiger partial charge < -0.3 is 10.2 Å². The van der Waals surface area contributed by atoms with E-state index in [1.807, 2.05) is 7.05 Å². The molecule has 0 radical (unpaired) electrons. The molecular weight excluding hydrogens is 437 g/mol. The Morgan fingerprint density at radius 2 is 2.25 bits per heavy atom. The van der Waals surface area contributed by atoms with E-state index < -0.39 is 0 Å². The highest BCUT2D eigenvalue weighted by Gasteiger charge is 2.24. The molecule has 7 nitrogen and oxygen atoms in total. The van der Waals surface area contributed by atoms with Crippen LogP contribution in [0.2, 0.25) is 0 Å². The van der Waals surface area contributed by atoms with E-state index in [1.54, 1.807) is 17.7 Å². The van der Waals surface area contributed by atoms with Gasteiger partial charge in [0.1, 0.15) is 12.2 Å². The largest absolute Gasteiger partial charge is 0.351 e. The van der Waals surface area contributed by atoms with Crippen molar-refractivity contribution in [3.8, 4) is 0 Å².